The number of fused-ring (bicyclic) bond motifs is 1. The molecule has 4 heteroatoms. The van der Waals surface area contributed by atoms with Gasteiger partial charge in [0.15, 0.2) is 0 Å². The van der Waals surface area contributed by atoms with E-state index < -0.39 is 0 Å². The fourth-order valence-corrected chi connectivity index (χ4v) is 3.86. The molecule has 0 spiro atoms. The van der Waals surface area contributed by atoms with Crippen molar-refractivity contribution in [1.29, 1.82) is 0 Å². The van der Waals surface area contributed by atoms with Crippen molar-refractivity contribution in [3.8, 4) is 0 Å². The molecule has 2 aromatic rings. The second-order valence-electron chi connectivity index (χ2n) is 4.41. The number of alkyl halides is 1. The Labute approximate surface area is 115 Å². The summed E-state index contributed by atoms with van der Waals surface area (Å²) in [7, 11) is 0. The van der Waals surface area contributed by atoms with Crippen LogP contribution in [0.3, 0.4) is 0 Å². The van der Waals surface area contributed by atoms with E-state index in [0.29, 0.717) is 10.7 Å². The molecule has 0 aliphatic heterocycles. The summed E-state index contributed by atoms with van der Waals surface area (Å²) in [6.07, 6.45) is 2.79. The van der Waals surface area contributed by atoms with E-state index in [-0.39, 0.29) is 0 Å². The maximum atomic E-state index is 4.54. The SMILES string of the molecule is CCC(c1ncnc2sc(C)c(C)c12)C(C)Br. The van der Waals surface area contributed by atoms with Crippen molar-refractivity contribution in [3.05, 3.63) is 22.5 Å². The van der Waals surface area contributed by atoms with Gasteiger partial charge in [-0.2, -0.15) is 0 Å². The first kappa shape index (κ1) is 13.0. The van der Waals surface area contributed by atoms with Gasteiger partial charge in [0.25, 0.3) is 0 Å². The first-order valence-corrected chi connectivity index (χ1v) is 7.64. The Bertz CT molecular complexity index is 533. The maximum absolute atomic E-state index is 4.54. The molecule has 0 saturated carbocycles. The molecule has 0 aliphatic carbocycles. The number of aromatic nitrogens is 2. The van der Waals surface area contributed by atoms with E-state index in [1.165, 1.54) is 21.5 Å². The lowest BCUT2D eigenvalue weighted by Gasteiger charge is -2.18. The van der Waals surface area contributed by atoms with Gasteiger partial charge in [0, 0.05) is 21.0 Å². The van der Waals surface area contributed by atoms with Gasteiger partial charge in [0.2, 0.25) is 0 Å². The summed E-state index contributed by atoms with van der Waals surface area (Å²) in [4.78, 5) is 11.8. The van der Waals surface area contributed by atoms with Crippen molar-refractivity contribution >= 4 is 37.5 Å². The molecule has 0 N–H and O–H groups in total. The van der Waals surface area contributed by atoms with Gasteiger partial charge < -0.3 is 0 Å². The molecule has 2 unspecified atom stereocenters. The third-order valence-corrected chi connectivity index (χ3v) is 5.09. The number of halogens is 1. The quantitative estimate of drug-likeness (QED) is 0.775. The molecule has 0 bridgehead atoms. The van der Waals surface area contributed by atoms with Crippen molar-refractivity contribution < 1.29 is 0 Å². The molecule has 92 valence electrons. The molecule has 0 aromatic carbocycles. The van der Waals surface area contributed by atoms with Crippen LogP contribution in [0, 0.1) is 13.8 Å². The number of hydrogen-bond acceptors (Lipinski definition) is 3. The van der Waals surface area contributed by atoms with Gasteiger partial charge in [-0.1, -0.05) is 29.8 Å². The number of hydrogen-bond donors (Lipinski definition) is 0. The van der Waals surface area contributed by atoms with Crippen LogP contribution >= 0.6 is 27.3 Å². The van der Waals surface area contributed by atoms with E-state index in [1.807, 2.05) is 0 Å². The lowest BCUT2D eigenvalue weighted by molar-refractivity contribution is 0.648. The highest BCUT2D eigenvalue weighted by molar-refractivity contribution is 9.09. The summed E-state index contributed by atoms with van der Waals surface area (Å²) in [5, 5.41) is 1.27. The summed E-state index contributed by atoms with van der Waals surface area (Å²) in [6.45, 7) is 8.73. The Balaban J connectivity index is 2.68. The zero-order valence-corrected chi connectivity index (χ0v) is 13.0. The first-order valence-electron chi connectivity index (χ1n) is 5.90. The molecule has 2 atom stereocenters. The minimum absolute atomic E-state index is 0.435. The zero-order chi connectivity index (χ0) is 12.6. The third kappa shape index (κ3) is 2.25. The van der Waals surface area contributed by atoms with E-state index in [1.54, 1.807) is 17.7 Å². The van der Waals surface area contributed by atoms with E-state index in [4.69, 9.17) is 0 Å². The summed E-state index contributed by atoms with van der Waals surface area (Å²) < 4.78 is 0. The number of thiophene rings is 1. The van der Waals surface area contributed by atoms with Crippen molar-refractivity contribution in [2.45, 2.75) is 44.9 Å². The standard InChI is InChI=1S/C13H17BrN2S/c1-5-10(8(3)14)12-11-7(2)9(4)17-13(11)16-6-15-12/h6,8,10H,5H2,1-4H3. The van der Waals surface area contributed by atoms with Crippen molar-refractivity contribution in [1.82, 2.24) is 9.97 Å². The zero-order valence-electron chi connectivity index (χ0n) is 10.6. The first-order chi connectivity index (χ1) is 8.06. The van der Waals surface area contributed by atoms with Gasteiger partial charge in [0.05, 0.1) is 5.69 Å². The van der Waals surface area contributed by atoms with Gasteiger partial charge in [-0.3, -0.25) is 0 Å². The van der Waals surface area contributed by atoms with Gasteiger partial charge in [-0.05, 0) is 25.8 Å². The van der Waals surface area contributed by atoms with Crippen LogP contribution < -0.4 is 0 Å². The molecule has 0 fully saturated rings. The Morgan fingerprint density at radius 2 is 2.06 bits per heavy atom. The van der Waals surface area contributed by atoms with Crippen molar-refractivity contribution in [2.24, 2.45) is 0 Å². The van der Waals surface area contributed by atoms with Crippen molar-refractivity contribution in [3.63, 3.8) is 0 Å². The van der Waals surface area contributed by atoms with Crippen LogP contribution in [0.2, 0.25) is 0 Å². The molecule has 0 radical (unpaired) electrons. The summed E-state index contributed by atoms with van der Waals surface area (Å²) in [5.74, 6) is 0.452. The van der Waals surface area contributed by atoms with Crippen LogP contribution in [0.5, 0.6) is 0 Å². The largest absolute Gasteiger partial charge is 0.240 e. The molecule has 17 heavy (non-hydrogen) atoms. The van der Waals surface area contributed by atoms with Crippen LogP contribution in [0.1, 0.15) is 42.3 Å². The fraction of sp³-hybridized carbons (Fsp3) is 0.538. The predicted octanol–water partition coefficient (Wildman–Crippen LogP) is 4.59. The minimum Gasteiger partial charge on any atom is -0.240 e. The van der Waals surface area contributed by atoms with Crippen LogP contribution in [0.15, 0.2) is 6.33 Å². The topological polar surface area (TPSA) is 25.8 Å². The predicted molar refractivity (Wildman–Crippen MR) is 78.3 cm³/mol. The van der Waals surface area contributed by atoms with Gasteiger partial charge in [0.1, 0.15) is 11.2 Å². The van der Waals surface area contributed by atoms with E-state index in [0.717, 1.165) is 11.3 Å². The highest BCUT2D eigenvalue weighted by Crippen LogP contribution is 2.36. The van der Waals surface area contributed by atoms with Gasteiger partial charge >= 0.3 is 0 Å². The average Bonchev–Trinajstić information content (AvgIpc) is 2.56. The molecule has 2 heterocycles. The molecular weight excluding hydrogens is 296 g/mol. The second-order valence-corrected chi connectivity index (χ2v) is 7.06. The molecule has 2 nitrogen and oxygen atoms in total. The Morgan fingerprint density at radius 3 is 2.65 bits per heavy atom. The molecule has 0 aliphatic rings. The fourth-order valence-electron chi connectivity index (χ4n) is 2.23. The Hall–Kier alpha value is -0.480. The molecule has 0 saturated heterocycles. The number of nitrogens with zero attached hydrogens (tertiary/aromatic N) is 2. The van der Waals surface area contributed by atoms with E-state index in [2.05, 4.69) is 53.6 Å². The van der Waals surface area contributed by atoms with Crippen molar-refractivity contribution in [2.75, 3.05) is 0 Å². The van der Waals surface area contributed by atoms with Crippen LogP contribution in [-0.4, -0.2) is 14.8 Å². The van der Waals surface area contributed by atoms with Crippen LogP contribution in [0.25, 0.3) is 10.2 Å². The summed E-state index contributed by atoms with van der Waals surface area (Å²) >= 11 is 5.46. The van der Waals surface area contributed by atoms with E-state index in [9.17, 15) is 0 Å². The van der Waals surface area contributed by atoms with Crippen LogP contribution in [-0.2, 0) is 0 Å². The molecule has 2 rings (SSSR count). The minimum atomic E-state index is 0.435. The highest BCUT2D eigenvalue weighted by atomic mass is 79.9. The summed E-state index contributed by atoms with van der Waals surface area (Å²) in [6, 6.07) is 0. The molecular formula is C13H17BrN2S. The maximum Gasteiger partial charge on any atom is 0.127 e. The Morgan fingerprint density at radius 1 is 1.35 bits per heavy atom. The van der Waals surface area contributed by atoms with Gasteiger partial charge in [-0.15, -0.1) is 11.3 Å². The monoisotopic (exact) mass is 312 g/mol. The van der Waals surface area contributed by atoms with Crippen LogP contribution in [0.4, 0.5) is 0 Å². The number of aryl methyl sites for hydroxylation is 2. The average molecular weight is 313 g/mol. The Kier molecular flexibility index (Phi) is 3.83. The summed E-state index contributed by atoms with van der Waals surface area (Å²) in [5.41, 5.74) is 2.54. The molecule has 2 aromatic heterocycles. The number of rotatable bonds is 3. The van der Waals surface area contributed by atoms with Gasteiger partial charge in [-0.25, -0.2) is 9.97 Å². The lowest BCUT2D eigenvalue weighted by atomic mass is 9.95. The van der Waals surface area contributed by atoms with E-state index >= 15 is 0 Å². The smallest absolute Gasteiger partial charge is 0.127 e. The normalized spacial score (nSPS) is 15.1. The lowest BCUT2D eigenvalue weighted by Crippen LogP contribution is -2.10. The molecule has 0 amide bonds. The third-order valence-electron chi connectivity index (χ3n) is 3.34. The highest BCUT2D eigenvalue weighted by Gasteiger charge is 2.21. The second kappa shape index (κ2) is 5.02.